The Hall–Kier alpha value is -0.890. The number of aromatic nitrogens is 1. The molecule has 0 saturated heterocycles. The van der Waals surface area contributed by atoms with Crippen LogP contribution in [0.25, 0.3) is 0 Å². The highest BCUT2D eigenvalue weighted by Crippen LogP contribution is 2.23. The minimum Gasteiger partial charge on any atom is -0.300 e. The van der Waals surface area contributed by atoms with Gasteiger partial charge in [0, 0.05) is 17.9 Å². The molecule has 0 saturated carbocycles. The van der Waals surface area contributed by atoms with Crippen molar-refractivity contribution in [3.8, 4) is 0 Å². The summed E-state index contributed by atoms with van der Waals surface area (Å²) in [6.07, 6.45) is 8.08. The van der Waals surface area contributed by atoms with Crippen LogP contribution in [0.3, 0.4) is 0 Å². The molecule has 2 heteroatoms. The molecular weight excluding hydrogens is 208 g/mol. The minimum absolute atomic E-state index is 0.742. The molecule has 1 aliphatic rings. The zero-order valence-electron chi connectivity index (χ0n) is 11.2. The van der Waals surface area contributed by atoms with Crippen LogP contribution in [0.1, 0.15) is 44.4 Å². The molecule has 0 unspecified atom stereocenters. The Morgan fingerprint density at radius 2 is 2.06 bits per heavy atom. The zero-order valence-corrected chi connectivity index (χ0v) is 11.2. The lowest BCUT2D eigenvalue weighted by atomic mass is 9.90. The lowest BCUT2D eigenvalue weighted by Crippen LogP contribution is -2.40. The van der Waals surface area contributed by atoms with E-state index in [4.69, 9.17) is 0 Å². The predicted octanol–water partition coefficient (Wildman–Crippen LogP) is 3.06. The van der Waals surface area contributed by atoms with E-state index < -0.39 is 0 Å². The Labute approximate surface area is 105 Å². The molecule has 1 heterocycles. The van der Waals surface area contributed by atoms with Crippen LogP contribution in [0.2, 0.25) is 0 Å². The normalized spacial score (nSPS) is 19.4. The molecule has 0 N–H and O–H groups in total. The number of nitrogens with zero attached hydrogens (tertiary/aromatic N) is 2. The van der Waals surface area contributed by atoms with E-state index in [9.17, 15) is 0 Å². The lowest BCUT2D eigenvalue weighted by Gasteiger charge is -2.34. The van der Waals surface area contributed by atoms with Gasteiger partial charge >= 0.3 is 0 Å². The number of pyridine rings is 1. The third kappa shape index (κ3) is 3.06. The molecule has 0 bridgehead atoms. The van der Waals surface area contributed by atoms with Gasteiger partial charge in [-0.15, -0.1) is 0 Å². The van der Waals surface area contributed by atoms with Crippen LogP contribution >= 0.6 is 0 Å². The maximum absolute atomic E-state index is 4.49. The molecule has 0 amide bonds. The first-order chi connectivity index (χ1) is 8.35. The number of hydrogen-bond donors (Lipinski definition) is 0. The largest absolute Gasteiger partial charge is 0.300 e. The Kier molecular flexibility index (Phi) is 4.55. The predicted molar refractivity (Wildman–Crippen MR) is 72.2 cm³/mol. The summed E-state index contributed by atoms with van der Waals surface area (Å²) in [5.41, 5.74) is 2.80. The standard InChI is InChI=1S/C15H24N2/c1-3-10-17(11-4-2)14-7-8-15-13(12-14)6-5-9-16-15/h5-6,9,14H,3-4,7-8,10-12H2,1-2H3/t14-/m0/s1. The topological polar surface area (TPSA) is 16.1 Å². The van der Waals surface area contributed by atoms with Crippen molar-refractivity contribution in [1.82, 2.24) is 9.88 Å². The van der Waals surface area contributed by atoms with Gasteiger partial charge in [-0.05, 0) is 56.8 Å². The first kappa shape index (κ1) is 12.6. The van der Waals surface area contributed by atoms with Crippen molar-refractivity contribution in [3.63, 3.8) is 0 Å². The highest BCUT2D eigenvalue weighted by molar-refractivity contribution is 5.23. The maximum atomic E-state index is 4.49. The van der Waals surface area contributed by atoms with Gasteiger partial charge in [-0.1, -0.05) is 19.9 Å². The second-order valence-corrected chi connectivity index (χ2v) is 5.04. The molecule has 0 radical (unpaired) electrons. The number of rotatable bonds is 5. The molecule has 2 nitrogen and oxygen atoms in total. The Morgan fingerprint density at radius 1 is 1.29 bits per heavy atom. The quantitative estimate of drug-likeness (QED) is 0.775. The smallest absolute Gasteiger partial charge is 0.0436 e. The first-order valence-electron chi connectivity index (χ1n) is 7.02. The average molecular weight is 232 g/mol. The molecule has 2 rings (SSSR count). The molecule has 1 aromatic heterocycles. The molecule has 0 spiro atoms. The molecule has 1 atom stereocenters. The second-order valence-electron chi connectivity index (χ2n) is 5.04. The second kappa shape index (κ2) is 6.15. The third-order valence-electron chi connectivity index (χ3n) is 3.69. The fraction of sp³-hybridized carbons (Fsp3) is 0.667. The lowest BCUT2D eigenvalue weighted by molar-refractivity contribution is 0.179. The summed E-state index contributed by atoms with van der Waals surface area (Å²) in [7, 11) is 0. The van der Waals surface area contributed by atoms with E-state index in [1.165, 1.54) is 50.0 Å². The van der Waals surface area contributed by atoms with Crippen molar-refractivity contribution in [2.24, 2.45) is 0 Å². The minimum atomic E-state index is 0.742. The molecule has 1 aromatic rings. The highest BCUT2D eigenvalue weighted by atomic mass is 15.1. The van der Waals surface area contributed by atoms with Gasteiger partial charge in [-0.3, -0.25) is 4.98 Å². The van der Waals surface area contributed by atoms with E-state index in [-0.39, 0.29) is 0 Å². The van der Waals surface area contributed by atoms with Crippen LogP contribution < -0.4 is 0 Å². The van der Waals surface area contributed by atoms with Gasteiger partial charge in [0.15, 0.2) is 0 Å². The van der Waals surface area contributed by atoms with Gasteiger partial charge in [0.25, 0.3) is 0 Å². The van der Waals surface area contributed by atoms with Crippen LogP contribution in [-0.2, 0) is 12.8 Å². The summed E-state index contributed by atoms with van der Waals surface area (Å²) in [4.78, 5) is 7.16. The molecular formula is C15H24N2. The van der Waals surface area contributed by atoms with Crippen molar-refractivity contribution >= 4 is 0 Å². The van der Waals surface area contributed by atoms with E-state index in [0.29, 0.717) is 0 Å². The SMILES string of the molecule is CCCN(CCC)[C@H]1CCc2ncccc2C1. The van der Waals surface area contributed by atoms with Gasteiger partial charge in [0.1, 0.15) is 0 Å². The van der Waals surface area contributed by atoms with Crippen molar-refractivity contribution < 1.29 is 0 Å². The fourth-order valence-corrected chi connectivity index (χ4v) is 2.90. The molecule has 0 aliphatic heterocycles. The summed E-state index contributed by atoms with van der Waals surface area (Å²) in [5, 5.41) is 0. The molecule has 0 aromatic carbocycles. The summed E-state index contributed by atoms with van der Waals surface area (Å²) >= 11 is 0. The molecule has 0 fully saturated rings. The van der Waals surface area contributed by atoms with Gasteiger partial charge in [0.05, 0.1) is 0 Å². The van der Waals surface area contributed by atoms with Crippen molar-refractivity contribution in [1.29, 1.82) is 0 Å². The fourth-order valence-electron chi connectivity index (χ4n) is 2.90. The van der Waals surface area contributed by atoms with Crippen molar-refractivity contribution in [3.05, 3.63) is 29.6 Å². The van der Waals surface area contributed by atoms with Gasteiger partial charge in [-0.2, -0.15) is 0 Å². The first-order valence-corrected chi connectivity index (χ1v) is 7.02. The van der Waals surface area contributed by atoms with Crippen molar-refractivity contribution in [2.75, 3.05) is 13.1 Å². The van der Waals surface area contributed by atoms with E-state index in [1.54, 1.807) is 0 Å². The van der Waals surface area contributed by atoms with Crippen LogP contribution in [-0.4, -0.2) is 29.0 Å². The average Bonchev–Trinajstić information content (AvgIpc) is 2.38. The van der Waals surface area contributed by atoms with Gasteiger partial charge in [-0.25, -0.2) is 0 Å². The van der Waals surface area contributed by atoms with E-state index in [0.717, 1.165) is 12.5 Å². The summed E-state index contributed by atoms with van der Waals surface area (Å²) in [6, 6.07) is 5.07. The summed E-state index contributed by atoms with van der Waals surface area (Å²) < 4.78 is 0. The number of fused-ring (bicyclic) bond motifs is 1. The van der Waals surface area contributed by atoms with Gasteiger partial charge < -0.3 is 4.90 Å². The van der Waals surface area contributed by atoms with E-state index in [2.05, 4.69) is 35.9 Å². The van der Waals surface area contributed by atoms with Crippen molar-refractivity contribution in [2.45, 2.75) is 52.0 Å². The highest BCUT2D eigenvalue weighted by Gasteiger charge is 2.23. The van der Waals surface area contributed by atoms with Crippen LogP contribution in [0.15, 0.2) is 18.3 Å². The Balaban J connectivity index is 2.04. The summed E-state index contributed by atoms with van der Waals surface area (Å²) in [6.45, 7) is 7.05. The van der Waals surface area contributed by atoms with Crippen LogP contribution in [0.4, 0.5) is 0 Å². The molecule has 94 valence electrons. The Morgan fingerprint density at radius 3 is 2.76 bits per heavy atom. The van der Waals surface area contributed by atoms with Gasteiger partial charge in [0.2, 0.25) is 0 Å². The monoisotopic (exact) mass is 232 g/mol. The summed E-state index contributed by atoms with van der Waals surface area (Å²) in [5.74, 6) is 0. The maximum Gasteiger partial charge on any atom is 0.0436 e. The molecule has 1 aliphatic carbocycles. The molecule has 17 heavy (non-hydrogen) atoms. The van der Waals surface area contributed by atoms with Crippen LogP contribution in [0, 0.1) is 0 Å². The third-order valence-corrected chi connectivity index (χ3v) is 3.69. The zero-order chi connectivity index (χ0) is 12.1. The van der Waals surface area contributed by atoms with E-state index >= 15 is 0 Å². The number of aryl methyl sites for hydroxylation is 1. The van der Waals surface area contributed by atoms with Crippen LogP contribution in [0.5, 0.6) is 0 Å². The number of hydrogen-bond acceptors (Lipinski definition) is 2. The van der Waals surface area contributed by atoms with E-state index in [1.807, 2.05) is 6.20 Å². The Bertz CT molecular complexity index is 343.